The quantitative estimate of drug-likeness (QED) is 0.0576. The lowest BCUT2D eigenvalue weighted by atomic mass is 9.80. The van der Waals surface area contributed by atoms with Gasteiger partial charge in [0.2, 0.25) is 0 Å². The number of anilines is 2. The summed E-state index contributed by atoms with van der Waals surface area (Å²) < 4.78 is 68.7. The second kappa shape index (κ2) is 21.4. The van der Waals surface area contributed by atoms with E-state index in [1.807, 2.05) is 109 Å². The second-order valence-electron chi connectivity index (χ2n) is 17.4. The van der Waals surface area contributed by atoms with E-state index in [1.165, 1.54) is 31.1 Å². The van der Waals surface area contributed by atoms with Crippen LogP contribution in [0.1, 0.15) is 54.5 Å². The number of rotatable bonds is 19. The summed E-state index contributed by atoms with van der Waals surface area (Å²) in [5, 5.41) is 13.3. The van der Waals surface area contributed by atoms with Crippen LogP contribution in [0, 0.1) is 37.0 Å². The van der Waals surface area contributed by atoms with Crippen LogP contribution in [0.4, 0.5) is 11.5 Å². The molecule has 4 aromatic carbocycles. The van der Waals surface area contributed by atoms with Crippen molar-refractivity contribution in [2.75, 3.05) is 33.3 Å². The number of para-hydroxylation sites is 1. The Morgan fingerprint density at radius 3 is 2.11 bits per heavy atom. The lowest BCUT2D eigenvalue weighted by molar-refractivity contribution is -0.177. The fourth-order valence-electron chi connectivity index (χ4n) is 9.18. The third-order valence-electron chi connectivity index (χ3n) is 13.1. The Labute approximate surface area is 415 Å². The molecule has 1 radical (unpaired) electrons. The first kappa shape index (κ1) is 50.0. The van der Waals surface area contributed by atoms with Gasteiger partial charge in [-0.2, -0.15) is 5.26 Å². The first-order chi connectivity index (χ1) is 34.9. The normalized spacial score (nSPS) is 21.7. The number of hydrogen-bond donors (Lipinski definition) is 2. The highest BCUT2D eigenvalue weighted by molar-refractivity contribution is 7.54. The molecule has 0 spiro atoms. The van der Waals surface area contributed by atoms with Crippen LogP contribution in [-0.2, 0) is 38.2 Å². The van der Waals surface area contributed by atoms with Gasteiger partial charge in [-0.1, -0.05) is 72.8 Å². The highest BCUT2D eigenvalue weighted by atomic mass is 31.2. The molecular formula is C52H54N8O11P. The standard InChI is InChI=1S/C52H54N8O11P/c1-32(27-53)41-25-44(59-28-33(2)49(61)58-51(59)62)70-50(41)68-34(3)72(63,66-6)71-42-26-45(60-31-56-46-47(54-30-55-48(46)60)57-38-15-11-8-12-16-38)69-43(42)29-67-52(35-13-9-7-10-14-35,36-17-21-39(64-4)22-18-36)37-19-23-40(65-5)24-20-37/h7-24,28,30-32,34,41-45,50H,1,25-26,29H2,2-6H3,(H,54,55,57)(H,58,61,62)/t32?,34?,41-,42-,43-,44-,45-,50+,72?/m1/s1. The van der Waals surface area contributed by atoms with Crippen molar-refractivity contribution < 1.29 is 42.0 Å². The molecule has 0 amide bonds. The Kier molecular flexibility index (Phi) is 14.8. The summed E-state index contributed by atoms with van der Waals surface area (Å²) in [6.45, 7) is 6.95. The van der Waals surface area contributed by atoms with Crippen molar-refractivity contribution in [3.63, 3.8) is 0 Å². The number of aromatic nitrogens is 6. The molecule has 7 aromatic rings. The van der Waals surface area contributed by atoms with Crippen LogP contribution >= 0.6 is 7.60 Å². The fraction of sp³-hybridized carbons (Fsp3) is 0.327. The van der Waals surface area contributed by atoms with Gasteiger partial charge in [0.1, 0.15) is 48.1 Å². The molecule has 19 nitrogen and oxygen atoms in total. The molecule has 9 rings (SSSR count). The maximum absolute atomic E-state index is 15.2. The molecule has 2 N–H and O–H groups in total. The zero-order valence-electron chi connectivity index (χ0n) is 40.2. The summed E-state index contributed by atoms with van der Waals surface area (Å²) in [7, 11) is 0.152. The van der Waals surface area contributed by atoms with E-state index < -0.39 is 73.1 Å². The van der Waals surface area contributed by atoms with Crippen LogP contribution < -0.4 is 26.0 Å². The van der Waals surface area contributed by atoms with E-state index in [2.05, 4.69) is 33.3 Å². The Morgan fingerprint density at radius 2 is 1.49 bits per heavy atom. The predicted molar refractivity (Wildman–Crippen MR) is 264 cm³/mol. The van der Waals surface area contributed by atoms with Gasteiger partial charge in [-0.05, 0) is 73.9 Å². The monoisotopic (exact) mass is 997 g/mol. The molecule has 2 aliphatic heterocycles. The molecule has 3 unspecified atom stereocenters. The summed E-state index contributed by atoms with van der Waals surface area (Å²) in [4.78, 5) is 41.2. The van der Waals surface area contributed by atoms with Gasteiger partial charge >= 0.3 is 13.3 Å². The van der Waals surface area contributed by atoms with Gasteiger partial charge in [-0.3, -0.25) is 23.5 Å². The van der Waals surface area contributed by atoms with E-state index in [9.17, 15) is 14.9 Å². The summed E-state index contributed by atoms with van der Waals surface area (Å²) in [5.41, 5.74) is 1.89. The minimum Gasteiger partial charge on any atom is -0.497 e. The largest absolute Gasteiger partial charge is 0.497 e. The first-order valence-electron chi connectivity index (χ1n) is 23.2. The van der Waals surface area contributed by atoms with Crippen LogP contribution in [0.15, 0.2) is 138 Å². The van der Waals surface area contributed by atoms with Gasteiger partial charge < -0.3 is 42.8 Å². The number of nitrogens with zero attached hydrogens (tertiary/aromatic N) is 6. The minimum absolute atomic E-state index is 0.114. The van der Waals surface area contributed by atoms with E-state index in [0.29, 0.717) is 28.5 Å². The lowest BCUT2D eigenvalue weighted by Gasteiger charge is -2.37. The predicted octanol–water partition coefficient (Wildman–Crippen LogP) is 8.16. The van der Waals surface area contributed by atoms with Gasteiger partial charge in [0, 0.05) is 43.3 Å². The van der Waals surface area contributed by atoms with Crippen LogP contribution in [-0.4, -0.2) is 81.3 Å². The SMILES string of the molecule is [CH2]C(C#N)[C@H]1C[C@H](n2cc(C)c(=O)[nH]c2=O)O[C@@H]1OC(C)P(=O)(OC)O[C@@H]1C[C@H](n2cnc3c(Nc4ccccc4)ncnc32)O[C@@H]1COC(c1ccccc1)(c1ccc(OC)cc1)c1ccc(OC)cc1. The van der Waals surface area contributed by atoms with Crippen LogP contribution in [0.2, 0.25) is 0 Å². The van der Waals surface area contributed by atoms with Crippen LogP contribution in [0.3, 0.4) is 0 Å². The molecule has 2 aliphatic rings. The number of fused-ring (bicyclic) bond motifs is 1. The highest BCUT2D eigenvalue weighted by Gasteiger charge is 2.49. The Bertz CT molecular complexity index is 3140. The zero-order chi connectivity index (χ0) is 50.6. The number of nitriles is 1. The van der Waals surface area contributed by atoms with Crippen molar-refractivity contribution in [2.45, 2.75) is 69.1 Å². The molecule has 2 fully saturated rings. The first-order valence-corrected chi connectivity index (χ1v) is 24.8. The minimum atomic E-state index is -4.31. The number of methoxy groups -OCH3 is 2. The molecule has 3 aromatic heterocycles. The lowest BCUT2D eigenvalue weighted by Crippen LogP contribution is -2.39. The van der Waals surface area contributed by atoms with Gasteiger partial charge in [0.05, 0.1) is 39.1 Å². The Balaban J connectivity index is 1.07. The van der Waals surface area contributed by atoms with Gasteiger partial charge in [-0.25, -0.2) is 19.7 Å². The van der Waals surface area contributed by atoms with Crippen molar-refractivity contribution >= 4 is 30.3 Å². The molecular weight excluding hydrogens is 944 g/mol. The number of imidazole rings is 1. The molecule has 5 heterocycles. The third kappa shape index (κ3) is 9.95. The molecule has 2 saturated heterocycles. The molecule has 0 bridgehead atoms. The molecule has 0 aliphatic carbocycles. The molecule has 9 atom stereocenters. The number of nitrogens with one attached hydrogen (secondary N) is 2. The maximum atomic E-state index is 15.2. The fourth-order valence-corrected chi connectivity index (χ4v) is 10.6. The summed E-state index contributed by atoms with van der Waals surface area (Å²) >= 11 is 0. The third-order valence-corrected chi connectivity index (χ3v) is 15.2. The highest BCUT2D eigenvalue weighted by Crippen LogP contribution is 2.57. The van der Waals surface area contributed by atoms with E-state index in [-0.39, 0.29) is 25.0 Å². The summed E-state index contributed by atoms with van der Waals surface area (Å²) in [6, 6.07) is 36.7. The number of H-pyrrole nitrogens is 1. The van der Waals surface area contributed by atoms with Crippen molar-refractivity contribution in [2.24, 2.45) is 11.8 Å². The van der Waals surface area contributed by atoms with E-state index in [0.717, 1.165) is 22.4 Å². The van der Waals surface area contributed by atoms with Crippen LogP contribution in [0.5, 0.6) is 11.5 Å². The smallest absolute Gasteiger partial charge is 0.359 e. The molecule has 0 saturated carbocycles. The summed E-state index contributed by atoms with van der Waals surface area (Å²) in [5.74, 6) is -1.07. The van der Waals surface area contributed by atoms with Gasteiger partial charge in [0.25, 0.3) is 5.56 Å². The molecule has 373 valence electrons. The van der Waals surface area contributed by atoms with Crippen molar-refractivity contribution in [3.8, 4) is 17.6 Å². The maximum Gasteiger partial charge on any atom is 0.359 e. The van der Waals surface area contributed by atoms with Gasteiger partial charge in [0.15, 0.2) is 29.1 Å². The Morgan fingerprint density at radius 1 is 0.861 bits per heavy atom. The van der Waals surface area contributed by atoms with Crippen molar-refractivity contribution in [1.29, 1.82) is 5.26 Å². The van der Waals surface area contributed by atoms with E-state index in [4.69, 9.17) is 42.5 Å². The second-order valence-corrected chi connectivity index (χ2v) is 19.8. The number of benzene rings is 4. The average molecular weight is 998 g/mol. The van der Waals surface area contributed by atoms with Gasteiger partial charge in [-0.15, -0.1) is 0 Å². The number of aryl methyl sites for hydroxylation is 1. The Hall–Kier alpha value is -7.01. The van der Waals surface area contributed by atoms with E-state index >= 15 is 4.57 Å². The van der Waals surface area contributed by atoms with E-state index in [1.54, 1.807) is 32.0 Å². The zero-order valence-corrected chi connectivity index (χ0v) is 41.1. The van der Waals surface area contributed by atoms with Crippen molar-refractivity contribution in [3.05, 3.63) is 178 Å². The summed E-state index contributed by atoms with van der Waals surface area (Å²) in [6.07, 6.45) is -0.168. The number of aromatic amines is 1. The molecule has 72 heavy (non-hydrogen) atoms. The number of ether oxygens (including phenoxy) is 6. The molecule has 20 heteroatoms. The van der Waals surface area contributed by atoms with Crippen molar-refractivity contribution in [1.82, 2.24) is 29.1 Å². The van der Waals surface area contributed by atoms with Crippen LogP contribution in [0.25, 0.3) is 11.2 Å². The average Bonchev–Trinajstić information content (AvgIpc) is 4.15. The number of hydrogen-bond acceptors (Lipinski definition) is 16. The topological polar surface area (TPSA) is 225 Å².